The average molecular weight is 381 g/mol. The van der Waals surface area contributed by atoms with Crippen molar-refractivity contribution in [3.8, 4) is 0 Å². The van der Waals surface area contributed by atoms with Gasteiger partial charge in [0.25, 0.3) is 7.37 Å². The van der Waals surface area contributed by atoms with Gasteiger partial charge in [-0.2, -0.15) is 0 Å². The van der Waals surface area contributed by atoms with Gasteiger partial charge in [0, 0.05) is 18.3 Å². The Labute approximate surface area is 139 Å². The average Bonchev–Trinajstić information content (AvgIpc) is 2.60. The van der Waals surface area contributed by atoms with E-state index >= 15 is 0 Å². The monoisotopic (exact) mass is 380 g/mol. The molecule has 22 heavy (non-hydrogen) atoms. The van der Waals surface area contributed by atoms with Crippen molar-refractivity contribution in [2.45, 2.75) is 5.34 Å². The van der Waals surface area contributed by atoms with Crippen LogP contribution in [0.4, 0.5) is 0 Å². The first-order valence-corrected chi connectivity index (χ1v) is 9.61. The summed E-state index contributed by atoms with van der Waals surface area (Å²) in [6.07, 6.45) is 1.71. The van der Waals surface area contributed by atoms with E-state index in [-0.39, 0.29) is 5.33 Å². The van der Waals surface area contributed by atoms with Crippen LogP contribution < -0.4 is 0 Å². The predicted molar refractivity (Wildman–Crippen MR) is 94.2 cm³/mol. The summed E-state index contributed by atoms with van der Waals surface area (Å²) in [7, 11) is -2.13. The molecule has 116 valence electrons. The summed E-state index contributed by atoms with van der Waals surface area (Å²) < 4.78 is 18.5. The van der Waals surface area contributed by atoms with E-state index in [2.05, 4.69) is 15.9 Å². The molecule has 0 aliphatic rings. The largest absolute Gasteiger partial charge is 0.374 e. The first-order valence-electron chi connectivity index (χ1n) is 6.79. The van der Waals surface area contributed by atoms with Crippen molar-refractivity contribution in [3.63, 3.8) is 0 Å². The van der Waals surface area contributed by atoms with Crippen molar-refractivity contribution in [2.75, 3.05) is 12.4 Å². The van der Waals surface area contributed by atoms with Gasteiger partial charge in [-0.1, -0.05) is 76.6 Å². The summed E-state index contributed by atoms with van der Waals surface area (Å²) in [6.45, 7) is 0. The third-order valence-corrected chi connectivity index (χ3v) is 7.25. The van der Waals surface area contributed by atoms with Crippen LogP contribution in [0.5, 0.6) is 0 Å². The van der Waals surface area contributed by atoms with Crippen LogP contribution in [0.15, 0.2) is 66.5 Å². The lowest BCUT2D eigenvalue weighted by Crippen LogP contribution is -2.27. The Balaban J connectivity index is 2.43. The first kappa shape index (κ1) is 17.2. The highest BCUT2D eigenvalue weighted by Gasteiger charge is 2.46. The Morgan fingerprint density at radius 3 is 2.18 bits per heavy atom. The molecule has 0 bridgehead atoms. The number of hydrogen-bond acceptors (Lipinski definition) is 3. The van der Waals surface area contributed by atoms with Gasteiger partial charge >= 0.3 is 0 Å². The molecule has 0 unspecified atom stereocenters. The highest BCUT2D eigenvalue weighted by atomic mass is 79.9. The maximum atomic E-state index is 13.2. The second-order valence-corrected chi connectivity index (χ2v) is 7.98. The lowest BCUT2D eigenvalue weighted by molar-refractivity contribution is 0.132. The molecular weight excluding hydrogens is 363 g/mol. The third kappa shape index (κ3) is 3.41. The number of alkyl halides is 1. The Bertz CT molecular complexity index is 673. The fourth-order valence-corrected chi connectivity index (χ4v) is 5.22. The van der Waals surface area contributed by atoms with Crippen LogP contribution in [0, 0.1) is 0 Å². The lowest BCUT2D eigenvalue weighted by Gasteiger charge is -2.32. The van der Waals surface area contributed by atoms with Crippen LogP contribution in [0.2, 0.25) is 0 Å². The van der Waals surface area contributed by atoms with Crippen LogP contribution in [0.1, 0.15) is 11.1 Å². The summed E-state index contributed by atoms with van der Waals surface area (Å²) in [5.74, 6) is 1.47. The third-order valence-electron chi connectivity index (χ3n) is 3.47. The first-order chi connectivity index (χ1) is 10.6. The van der Waals surface area contributed by atoms with E-state index in [0.29, 0.717) is 5.56 Å². The molecule has 0 amide bonds. The summed E-state index contributed by atoms with van der Waals surface area (Å²) in [5, 5.41) is 9.49. The maximum absolute atomic E-state index is 13.2. The van der Waals surface area contributed by atoms with Gasteiger partial charge in [-0.15, -0.1) is 0 Å². The molecule has 0 aromatic heterocycles. The Hall–Kier alpha value is -1.19. The van der Waals surface area contributed by atoms with Gasteiger partial charge in [-0.3, -0.25) is 4.57 Å². The Morgan fingerprint density at radius 1 is 1.14 bits per heavy atom. The van der Waals surface area contributed by atoms with E-state index < -0.39 is 12.7 Å². The molecule has 2 aromatic carbocycles. The normalized spacial score (nSPS) is 17.0. The summed E-state index contributed by atoms with van der Waals surface area (Å²) in [5.41, 5.74) is 1.44. The Kier molecular flexibility index (Phi) is 5.76. The number of halogens is 1. The molecule has 2 aromatic rings. The molecule has 0 saturated heterocycles. The molecule has 2 rings (SSSR count). The molecule has 0 saturated carbocycles. The molecule has 0 aliphatic carbocycles. The minimum atomic E-state index is -3.48. The van der Waals surface area contributed by atoms with Crippen molar-refractivity contribution in [1.82, 2.24) is 0 Å². The van der Waals surface area contributed by atoms with Gasteiger partial charge < -0.3 is 9.63 Å². The molecule has 5 heteroatoms. The highest BCUT2D eigenvalue weighted by molar-refractivity contribution is 9.09. The van der Waals surface area contributed by atoms with E-state index in [0.717, 1.165) is 5.56 Å². The molecule has 0 heterocycles. The van der Waals surface area contributed by atoms with Crippen molar-refractivity contribution >= 4 is 29.4 Å². The zero-order valence-electron chi connectivity index (χ0n) is 12.2. The van der Waals surface area contributed by atoms with E-state index in [9.17, 15) is 9.67 Å². The van der Waals surface area contributed by atoms with Crippen molar-refractivity contribution in [3.05, 3.63) is 77.6 Å². The summed E-state index contributed by atoms with van der Waals surface area (Å²) in [4.78, 5) is 0. The second kappa shape index (κ2) is 7.38. The van der Waals surface area contributed by atoms with Crippen LogP contribution in [-0.4, -0.2) is 17.5 Å². The standard InChI is InChI=1S/C17H18BrO3P/c1-21-22(20,13-12-15-8-4-2-5-9-15)17(19,14-18)16-10-6-3-7-11-16/h2-13,19H,14H2,1H3/b13-12+/t17-,22-/m1/s1. The highest BCUT2D eigenvalue weighted by Crippen LogP contribution is 2.64. The lowest BCUT2D eigenvalue weighted by atomic mass is 10.1. The predicted octanol–water partition coefficient (Wildman–Crippen LogP) is 4.82. The van der Waals surface area contributed by atoms with Gasteiger partial charge in [0.2, 0.25) is 0 Å². The minimum absolute atomic E-state index is 0.105. The maximum Gasteiger partial charge on any atom is 0.260 e. The molecule has 0 radical (unpaired) electrons. The van der Waals surface area contributed by atoms with Crippen LogP contribution >= 0.6 is 23.3 Å². The summed E-state index contributed by atoms with van der Waals surface area (Å²) in [6, 6.07) is 18.4. The molecule has 0 spiro atoms. The van der Waals surface area contributed by atoms with E-state index in [1.165, 1.54) is 12.9 Å². The molecule has 0 fully saturated rings. The van der Waals surface area contributed by atoms with Gasteiger partial charge in [0.1, 0.15) is 0 Å². The SMILES string of the molecule is CO[P@](=O)(/C=C/c1ccccc1)[C@](O)(CBr)c1ccccc1. The number of hydrogen-bond donors (Lipinski definition) is 1. The van der Waals surface area contributed by atoms with Crippen molar-refractivity contribution in [1.29, 1.82) is 0 Å². The van der Waals surface area contributed by atoms with Gasteiger partial charge in [0.15, 0.2) is 5.34 Å². The molecule has 3 nitrogen and oxygen atoms in total. The summed E-state index contributed by atoms with van der Waals surface area (Å²) >= 11 is 3.28. The van der Waals surface area contributed by atoms with Gasteiger partial charge in [-0.25, -0.2) is 0 Å². The van der Waals surface area contributed by atoms with Crippen LogP contribution in [-0.2, 0) is 14.4 Å². The number of aliphatic hydroxyl groups is 1. The topological polar surface area (TPSA) is 46.5 Å². The fraction of sp³-hybridized carbons (Fsp3) is 0.176. The quantitative estimate of drug-likeness (QED) is 0.577. The van der Waals surface area contributed by atoms with Crippen molar-refractivity contribution in [2.24, 2.45) is 0 Å². The molecule has 1 N–H and O–H groups in total. The van der Waals surface area contributed by atoms with E-state index in [1.54, 1.807) is 30.3 Å². The van der Waals surface area contributed by atoms with Crippen LogP contribution in [0.3, 0.4) is 0 Å². The zero-order valence-corrected chi connectivity index (χ0v) is 14.7. The molecule has 0 aliphatic heterocycles. The fourth-order valence-electron chi connectivity index (χ4n) is 2.13. The van der Waals surface area contributed by atoms with Crippen LogP contribution in [0.25, 0.3) is 6.08 Å². The number of benzene rings is 2. The smallest absolute Gasteiger partial charge is 0.260 e. The van der Waals surface area contributed by atoms with Crippen molar-refractivity contribution < 1.29 is 14.2 Å². The van der Waals surface area contributed by atoms with Gasteiger partial charge in [0.05, 0.1) is 0 Å². The van der Waals surface area contributed by atoms with Gasteiger partial charge in [-0.05, 0) is 17.2 Å². The van der Waals surface area contributed by atoms with E-state index in [4.69, 9.17) is 4.52 Å². The Morgan fingerprint density at radius 2 is 1.68 bits per heavy atom. The van der Waals surface area contributed by atoms with E-state index in [1.807, 2.05) is 36.4 Å². The zero-order chi connectivity index (χ0) is 16.1. The number of rotatable bonds is 6. The molecular formula is C17H18BrO3P. The molecule has 2 atom stereocenters. The second-order valence-electron chi connectivity index (χ2n) is 4.82. The minimum Gasteiger partial charge on any atom is -0.374 e.